The van der Waals surface area contributed by atoms with E-state index < -0.39 is 12.0 Å². The summed E-state index contributed by atoms with van der Waals surface area (Å²) < 4.78 is 0. The van der Waals surface area contributed by atoms with E-state index in [1.54, 1.807) is 0 Å². The van der Waals surface area contributed by atoms with Gasteiger partial charge >= 0.3 is 5.97 Å². The van der Waals surface area contributed by atoms with Crippen molar-refractivity contribution in [2.45, 2.75) is 13.0 Å². The van der Waals surface area contributed by atoms with Crippen LogP contribution in [0.5, 0.6) is 0 Å². The molecule has 70 valence electrons. The molecule has 0 saturated heterocycles. The maximum atomic E-state index is 10.8. The SMILES string of the molecule is CC(Nc1nccc(=O)[nH]1)C(=O)O. The quantitative estimate of drug-likeness (QED) is 0.595. The summed E-state index contributed by atoms with van der Waals surface area (Å²) in [5.74, 6) is -0.853. The summed E-state index contributed by atoms with van der Waals surface area (Å²) in [6.45, 7) is 1.45. The first-order valence-electron chi connectivity index (χ1n) is 3.64. The van der Waals surface area contributed by atoms with Crippen LogP contribution in [0.25, 0.3) is 0 Å². The van der Waals surface area contributed by atoms with Gasteiger partial charge in [0.1, 0.15) is 6.04 Å². The number of rotatable bonds is 3. The number of nitrogens with one attached hydrogen (secondary N) is 2. The number of aromatic nitrogens is 2. The molecule has 3 N–H and O–H groups in total. The zero-order valence-electron chi connectivity index (χ0n) is 6.94. The van der Waals surface area contributed by atoms with Crippen molar-refractivity contribution in [3.8, 4) is 0 Å². The number of aromatic amines is 1. The lowest BCUT2D eigenvalue weighted by Gasteiger charge is -2.07. The molecule has 13 heavy (non-hydrogen) atoms. The number of carboxylic acids is 1. The topological polar surface area (TPSA) is 95.1 Å². The van der Waals surface area contributed by atoms with Crippen molar-refractivity contribution in [3.05, 3.63) is 22.6 Å². The fourth-order valence-electron chi connectivity index (χ4n) is 0.710. The summed E-state index contributed by atoms with van der Waals surface area (Å²) in [4.78, 5) is 27.2. The molecule has 1 aromatic heterocycles. The molecule has 0 aliphatic rings. The highest BCUT2D eigenvalue weighted by molar-refractivity contribution is 5.75. The molecule has 0 aliphatic carbocycles. The minimum Gasteiger partial charge on any atom is -0.480 e. The number of carbonyl (C=O) groups is 1. The summed E-state index contributed by atoms with van der Waals surface area (Å²) in [6.07, 6.45) is 1.30. The van der Waals surface area contributed by atoms with Crippen molar-refractivity contribution in [3.63, 3.8) is 0 Å². The lowest BCUT2D eigenvalue weighted by molar-refractivity contribution is -0.137. The van der Waals surface area contributed by atoms with E-state index in [2.05, 4.69) is 15.3 Å². The summed E-state index contributed by atoms with van der Waals surface area (Å²) in [5, 5.41) is 11.0. The smallest absolute Gasteiger partial charge is 0.325 e. The second kappa shape index (κ2) is 3.70. The molecule has 0 aromatic carbocycles. The molecule has 0 radical (unpaired) electrons. The molecule has 6 nitrogen and oxygen atoms in total. The Balaban J connectivity index is 2.75. The summed E-state index contributed by atoms with van der Waals surface area (Å²) in [6, 6.07) is 0.460. The second-order valence-corrected chi connectivity index (χ2v) is 2.49. The Morgan fingerprint density at radius 1 is 1.77 bits per heavy atom. The van der Waals surface area contributed by atoms with Crippen LogP contribution in [0.3, 0.4) is 0 Å². The Kier molecular flexibility index (Phi) is 2.63. The van der Waals surface area contributed by atoms with Gasteiger partial charge in [0.15, 0.2) is 0 Å². The predicted octanol–water partition coefficient (Wildman–Crippen LogP) is -0.345. The first-order chi connectivity index (χ1) is 6.09. The lowest BCUT2D eigenvalue weighted by Crippen LogP contribution is -2.27. The van der Waals surface area contributed by atoms with E-state index in [0.717, 1.165) is 0 Å². The molecule has 0 bridgehead atoms. The zero-order chi connectivity index (χ0) is 9.84. The van der Waals surface area contributed by atoms with Crippen molar-refractivity contribution in [1.29, 1.82) is 0 Å². The van der Waals surface area contributed by atoms with Gasteiger partial charge in [-0.25, -0.2) is 4.98 Å². The Bertz CT molecular complexity index is 360. The predicted molar refractivity (Wildman–Crippen MR) is 45.6 cm³/mol. The van der Waals surface area contributed by atoms with Crippen molar-refractivity contribution in [2.24, 2.45) is 0 Å². The van der Waals surface area contributed by atoms with E-state index in [1.165, 1.54) is 19.2 Å². The molecular weight excluding hydrogens is 174 g/mol. The number of hydrogen-bond acceptors (Lipinski definition) is 4. The van der Waals surface area contributed by atoms with Crippen molar-refractivity contribution < 1.29 is 9.90 Å². The lowest BCUT2D eigenvalue weighted by atomic mass is 10.3. The van der Waals surface area contributed by atoms with Gasteiger partial charge in [-0.05, 0) is 6.92 Å². The highest BCUT2D eigenvalue weighted by Gasteiger charge is 2.10. The number of carboxylic acid groups (broad SMARTS) is 1. The van der Waals surface area contributed by atoms with E-state index >= 15 is 0 Å². The Morgan fingerprint density at radius 2 is 2.46 bits per heavy atom. The molecule has 1 unspecified atom stereocenters. The van der Waals surface area contributed by atoms with Crippen LogP contribution in [-0.4, -0.2) is 27.1 Å². The molecular formula is C7H9N3O3. The molecule has 1 atom stereocenters. The number of hydrogen-bond donors (Lipinski definition) is 3. The molecule has 1 aromatic rings. The maximum Gasteiger partial charge on any atom is 0.325 e. The molecule has 0 amide bonds. The molecule has 0 fully saturated rings. The van der Waals surface area contributed by atoms with Crippen molar-refractivity contribution >= 4 is 11.9 Å². The zero-order valence-corrected chi connectivity index (χ0v) is 6.94. The van der Waals surface area contributed by atoms with E-state index in [9.17, 15) is 9.59 Å². The summed E-state index contributed by atoms with van der Waals surface area (Å²) in [5.41, 5.74) is -0.324. The van der Waals surface area contributed by atoms with Gasteiger partial charge in [-0.15, -0.1) is 0 Å². The Hall–Kier alpha value is -1.85. The third-order valence-corrected chi connectivity index (χ3v) is 1.39. The van der Waals surface area contributed by atoms with Crippen molar-refractivity contribution in [1.82, 2.24) is 9.97 Å². The van der Waals surface area contributed by atoms with Gasteiger partial charge in [0, 0.05) is 12.3 Å². The van der Waals surface area contributed by atoms with Crippen LogP contribution >= 0.6 is 0 Å². The van der Waals surface area contributed by atoms with E-state index in [1.807, 2.05) is 0 Å². The van der Waals surface area contributed by atoms with E-state index in [4.69, 9.17) is 5.11 Å². The molecule has 6 heteroatoms. The summed E-state index contributed by atoms with van der Waals surface area (Å²) >= 11 is 0. The van der Waals surface area contributed by atoms with Gasteiger partial charge in [0.2, 0.25) is 5.95 Å². The number of anilines is 1. The molecule has 0 spiro atoms. The van der Waals surface area contributed by atoms with Crippen LogP contribution in [0.15, 0.2) is 17.1 Å². The first-order valence-corrected chi connectivity index (χ1v) is 3.64. The highest BCUT2D eigenvalue weighted by atomic mass is 16.4. The largest absolute Gasteiger partial charge is 0.480 e. The third kappa shape index (κ3) is 2.58. The minimum absolute atomic E-state index is 0.155. The van der Waals surface area contributed by atoms with Gasteiger partial charge in [-0.3, -0.25) is 14.6 Å². The van der Waals surface area contributed by atoms with Gasteiger partial charge in [-0.2, -0.15) is 0 Å². The fraction of sp³-hybridized carbons (Fsp3) is 0.286. The minimum atomic E-state index is -1.01. The maximum absolute atomic E-state index is 10.8. The summed E-state index contributed by atoms with van der Waals surface area (Å²) in [7, 11) is 0. The monoisotopic (exact) mass is 183 g/mol. The molecule has 0 aliphatic heterocycles. The van der Waals surface area contributed by atoms with Crippen LogP contribution < -0.4 is 10.9 Å². The van der Waals surface area contributed by atoms with Gasteiger partial charge in [-0.1, -0.05) is 0 Å². The Morgan fingerprint density at radius 3 is 3.00 bits per heavy atom. The average molecular weight is 183 g/mol. The normalized spacial score (nSPS) is 12.1. The molecule has 1 heterocycles. The van der Waals surface area contributed by atoms with Crippen LogP contribution in [0.2, 0.25) is 0 Å². The number of nitrogens with zero attached hydrogens (tertiary/aromatic N) is 1. The number of aliphatic carboxylic acids is 1. The second-order valence-electron chi connectivity index (χ2n) is 2.49. The van der Waals surface area contributed by atoms with Crippen LogP contribution in [-0.2, 0) is 4.79 Å². The van der Waals surface area contributed by atoms with Gasteiger partial charge < -0.3 is 10.4 Å². The number of H-pyrrole nitrogens is 1. The Labute approximate surface area is 73.6 Å². The molecule has 1 rings (SSSR count). The highest BCUT2D eigenvalue weighted by Crippen LogP contribution is 1.95. The van der Waals surface area contributed by atoms with E-state index in [0.29, 0.717) is 0 Å². The van der Waals surface area contributed by atoms with Crippen molar-refractivity contribution in [2.75, 3.05) is 5.32 Å². The van der Waals surface area contributed by atoms with E-state index in [-0.39, 0.29) is 11.5 Å². The third-order valence-electron chi connectivity index (χ3n) is 1.39. The van der Waals surface area contributed by atoms with Gasteiger partial charge in [0.25, 0.3) is 5.56 Å². The standard InChI is InChI=1S/C7H9N3O3/c1-4(6(12)13)9-7-8-3-2-5(11)10-7/h2-4H,1H3,(H,12,13)(H2,8,9,10,11). The molecule has 0 saturated carbocycles. The fourth-order valence-corrected chi connectivity index (χ4v) is 0.710. The van der Waals surface area contributed by atoms with Crippen LogP contribution in [0, 0.1) is 0 Å². The van der Waals surface area contributed by atoms with Crippen LogP contribution in [0.4, 0.5) is 5.95 Å². The van der Waals surface area contributed by atoms with Crippen LogP contribution in [0.1, 0.15) is 6.92 Å². The first kappa shape index (κ1) is 9.24. The average Bonchev–Trinajstić information content (AvgIpc) is 2.04. The van der Waals surface area contributed by atoms with Gasteiger partial charge in [0.05, 0.1) is 0 Å².